The number of para-hydroxylation sites is 1. The van der Waals surface area contributed by atoms with E-state index in [0.29, 0.717) is 0 Å². The first-order valence-electron chi connectivity index (χ1n) is 4.33. The minimum atomic E-state index is 1.07. The molecule has 0 atom stereocenters. The largest absolute Gasteiger partial charge is 0.225 e. The SMILES string of the molecule is BrCCC[n+]1csc2ccccc21. The second-order valence-electron chi connectivity index (χ2n) is 2.93. The van der Waals surface area contributed by atoms with Crippen molar-refractivity contribution in [1.82, 2.24) is 0 Å². The Hall–Kier alpha value is -0.410. The lowest BCUT2D eigenvalue weighted by molar-refractivity contribution is -0.667. The van der Waals surface area contributed by atoms with Crippen LogP contribution < -0.4 is 4.57 Å². The Morgan fingerprint density at radius 1 is 1.31 bits per heavy atom. The number of fused-ring (bicyclic) bond motifs is 1. The molecule has 2 rings (SSSR count). The average molecular weight is 257 g/mol. The Balaban J connectivity index is 2.35. The van der Waals surface area contributed by atoms with Crippen LogP contribution in [-0.4, -0.2) is 5.33 Å². The van der Waals surface area contributed by atoms with Gasteiger partial charge in [0.2, 0.25) is 11.0 Å². The lowest BCUT2D eigenvalue weighted by atomic mass is 10.3. The molecule has 2 aromatic rings. The summed E-state index contributed by atoms with van der Waals surface area (Å²) in [6, 6.07) is 8.54. The summed E-state index contributed by atoms with van der Waals surface area (Å²) in [4.78, 5) is 0. The van der Waals surface area contributed by atoms with Gasteiger partial charge >= 0.3 is 0 Å². The highest BCUT2D eigenvalue weighted by molar-refractivity contribution is 9.09. The molecule has 0 amide bonds. The van der Waals surface area contributed by atoms with Gasteiger partial charge in [0, 0.05) is 17.8 Å². The molecule has 68 valence electrons. The van der Waals surface area contributed by atoms with E-state index in [0.717, 1.165) is 11.9 Å². The first-order valence-corrected chi connectivity index (χ1v) is 6.33. The summed E-state index contributed by atoms with van der Waals surface area (Å²) < 4.78 is 3.69. The third-order valence-corrected chi connectivity index (χ3v) is 3.53. The molecule has 1 heterocycles. The van der Waals surface area contributed by atoms with E-state index in [1.54, 1.807) is 0 Å². The highest BCUT2D eigenvalue weighted by atomic mass is 79.9. The molecule has 0 aliphatic rings. The van der Waals surface area contributed by atoms with Crippen molar-refractivity contribution in [3.63, 3.8) is 0 Å². The zero-order chi connectivity index (χ0) is 9.10. The third-order valence-electron chi connectivity index (χ3n) is 2.01. The number of aryl methyl sites for hydroxylation is 1. The molecule has 0 saturated carbocycles. The molecule has 3 heteroatoms. The minimum Gasteiger partial charge on any atom is -0.188 e. The van der Waals surface area contributed by atoms with Gasteiger partial charge in [0.1, 0.15) is 4.70 Å². The maximum atomic E-state index is 3.45. The molecule has 0 saturated heterocycles. The van der Waals surface area contributed by atoms with Crippen molar-refractivity contribution < 1.29 is 4.57 Å². The molecule has 0 aliphatic carbocycles. The van der Waals surface area contributed by atoms with E-state index in [9.17, 15) is 0 Å². The number of rotatable bonds is 3. The van der Waals surface area contributed by atoms with E-state index in [-0.39, 0.29) is 0 Å². The third kappa shape index (κ3) is 1.92. The van der Waals surface area contributed by atoms with Crippen LogP contribution in [0.1, 0.15) is 6.42 Å². The maximum absolute atomic E-state index is 3.45. The molecule has 13 heavy (non-hydrogen) atoms. The van der Waals surface area contributed by atoms with Crippen LogP contribution in [0, 0.1) is 0 Å². The molecule has 0 spiro atoms. The molecule has 1 aromatic heterocycles. The van der Waals surface area contributed by atoms with Crippen LogP contribution in [0.2, 0.25) is 0 Å². The Morgan fingerprint density at radius 3 is 3.00 bits per heavy atom. The molecule has 0 fully saturated rings. The van der Waals surface area contributed by atoms with Crippen LogP contribution >= 0.6 is 27.3 Å². The van der Waals surface area contributed by atoms with Crippen molar-refractivity contribution in [3.8, 4) is 0 Å². The van der Waals surface area contributed by atoms with Crippen molar-refractivity contribution in [3.05, 3.63) is 29.8 Å². The first-order chi connectivity index (χ1) is 6.42. The van der Waals surface area contributed by atoms with Crippen molar-refractivity contribution >= 4 is 37.5 Å². The standard InChI is InChI=1S/C10H11BrNS/c11-6-3-7-12-8-13-10-5-2-1-4-9(10)12/h1-2,4-5,8H,3,6-7H2/q+1. The predicted octanol–water partition coefficient (Wildman–Crippen LogP) is 2.97. The molecule has 0 N–H and O–H groups in total. The van der Waals surface area contributed by atoms with E-state index in [1.807, 2.05) is 11.3 Å². The van der Waals surface area contributed by atoms with Crippen LogP contribution in [0.3, 0.4) is 0 Å². The van der Waals surface area contributed by atoms with Crippen LogP contribution in [0.25, 0.3) is 10.2 Å². The number of hydrogen-bond acceptors (Lipinski definition) is 1. The summed E-state index contributed by atoms with van der Waals surface area (Å²) >= 11 is 5.26. The van der Waals surface area contributed by atoms with Gasteiger partial charge < -0.3 is 0 Å². The fraction of sp³-hybridized carbons (Fsp3) is 0.300. The average Bonchev–Trinajstić information content (AvgIpc) is 2.58. The van der Waals surface area contributed by atoms with E-state index in [1.165, 1.54) is 16.6 Å². The number of alkyl halides is 1. The molecule has 1 nitrogen and oxygen atoms in total. The number of thiazole rings is 1. The molecule has 0 radical (unpaired) electrons. The number of nitrogens with zero attached hydrogens (tertiary/aromatic N) is 1. The normalized spacial score (nSPS) is 10.8. The monoisotopic (exact) mass is 256 g/mol. The van der Waals surface area contributed by atoms with Gasteiger partial charge in [0.25, 0.3) is 0 Å². The lowest BCUT2D eigenvalue weighted by Gasteiger charge is -1.90. The Kier molecular flexibility index (Phi) is 2.96. The van der Waals surface area contributed by atoms with Crippen LogP contribution in [0.4, 0.5) is 0 Å². The highest BCUT2D eigenvalue weighted by Crippen LogP contribution is 2.14. The first kappa shape index (κ1) is 9.16. The molecular formula is C10H11BrNS+. The molecular weight excluding hydrogens is 246 g/mol. The number of hydrogen-bond donors (Lipinski definition) is 0. The summed E-state index contributed by atoms with van der Waals surface area (Å²) in [5.41, 5.74) is 3.56. The van der Waals surface area contributed by atoms with Gasteiger partial charge in [0.05, 0.1) is 0 Å². The summed E-state index contributed by atoms with van der Waals surface area (Å²) in [5.74, 6) is 0. The Morgan fingerprint density at radius 2 is 2.15 bits per heavy atom. The summed E-state index contributed by atoms with van der Waals surface area (Å²) in [5, 5.41) is 1.07. The Labute approximate surface area is 90.1 Å². The van der Waals surface area contributed by atoms with Gasteiger partial charge in [-0.25, -0.2) is 0 Å². The maximum Gasteiger partial charge on any atom is 0.225 e. The van der Waals surface area contributed by atoms with E-state index < -0.39 is 0 Å². The number of halogens is 1. The second kappa shape index (κ2) is 4.20. The summed E-state index contributed by atoms with van der Waals surface area (Å²) in [7, 11) is 0. The van der Waals surface area contributed by atoms with Crippen LogP contribution in [0.5, 0.6) is 0 Å². The van der Waals surface area contributed by atoms with Gasteiger partial charge in [-0.2, -0.15) is 4.57 Å². The van der Waals surface area contributed by atoms with Gasteiger partial charge in [-0.05, 0) is 6.07 Å². The second-order valence-corrected chi connectivity index (χ2v) is 4.61. The van der Waals surface area contributed by atoms with E-state index >= 15 is 0 Å². The number of benzene rings is 1. The highest BCUT2D eigenvalue weighted by Gasteiger charge is 2.08. The van der Waals surface area contributed by atoms with Crippen LogP contribution in [0.15, 0.2) is 29.8 Å². The molecule has 0 bridgehead atoms. The number of aromatic nitrogens is 1. The van der Waals surface area contributed by atoms with Crippen molar-refractivity contribution in [2.75, 3.05) is 5.33 Å². The topological polar surface area (TPSA) is 3.88 Å². The van der Waals surface area contributed by atoms with Gasteiger partial charge in [-0.15, -0.1) is 0 Å². The lowest BCUT2D eigenvalue weighted by Crippen LogP contribution is -2.31. The zero-order valence-corrected chi connectivity index (χ0v) is 9.64. The van der Waals surface area contributed by atoms with Crippen molar-refractivity contribution in [1.29, 1.82) is 0 Å². The van der Waals surface area contributed by atoms with E-state index in [2.05, 4.69) is 50.3 Å². The quantitative estimate of drug-likeness (QED) is 0.588. The zero-order valence-electron chi connectivity index (χ0n) is 7.24. The molecule has 0 aliphatic heterocycles. The van der Waals surface area contributed by atoms with Gasteiger partial charge in [-0.1, -0.05) is 39.4 Å². The van der Waals surface area contributed by atoms with Crippen molar-refractivity contribution in [2.24, 2.45) is 0 Å². The summed E-state index contributed by atoms with van der Waals surface area (Å²) in [6.45, 7) is 1.11. The predicted molar refractivity (Wildman–Crippen MR) is 60.4 cm³/mol. The Bertz CT molecular complexity index is 396. The smallest absolute Gasteiger partial charge is 0.188 e. The van der Waals surface area contributed by atoms with Crippen molar-refractivity contribution in [2.45, 2.75) is 13.0 Å². The van der Waals surface area contributed by atoms with Crippen LogP contribution in [-0.2, 0) is 6.54 Å². The fourth-order valence-electron chi connectivity index (χ4n) is 1.37. The molecule has 0 unspecified atom stereocenters. The summed E-state index contributed by atoms with van der Waals surface area (Å²) in [6.07, 6.45) is 1.19. The van der Waals surface area contributed by atoms with Gasteiger partial charge in [-0.3, -0.25) is 0 Å². The van der Waals surface area contributed by atoms with E-state index in [4.69, 9.17) is 0 Å². The fourth-order valence-corrected chi connectivity index (χ4v) is 2.55. The molecule has 1 aromatic carbocycles. The van der Waals surface area contributed by atoms with Gasteiger partial charge in [0.15, 0.2) is 6.54 Å². The minimum absolute atomic E-state index is 1.07.